The van der Waals surface area contributed by atoms with Gasteiger partial charge < -0.3 is 4.65 Å². The Morgan fingerprint density at radius 1 is 1.86 bits per heavy atom. The van der Waals surface area contributed by atoms with E-state index < -0.39 is 0 Å². The molecule has 0 fully saturated rings. The van der Waals surface area contributed by atoms with Crippen molar-refractivity contribution in [2.24, 2.45) is 0 Å². The van der Waals surface area contributed by atoms with Crippen molar-refractivity contribution < 1.29 is 4.65 Å². The van der Waals surface area contributed by atoms with Crippen LogP contribution < -0.4 is 0 Å². The summed E-state index contributed by atoms with van der Waals surface area (Å²) in [6.45, 7) is 5.37. The number of hydrogen-bond donors (Lipinski definition) is 0. The molecule has 0 amide bonds. The van der Waals surface area contributed by atoms with Gasteiger partial charge in [-0.3, -0.25) is 0 Å². The highest BCUT2D eigenvalue weighted by atomic mass is 16.4. The molecule has 0 aliphatic carbocycles. The van der Waals surface area contributed by atoms with E-state index >= 15 is 0 Å². The predicted molar refractivity (Wildman–Crippen MR) is 33.6 cm³/mol. The molecule has 0 radical (unpaired) electrons. The van der Waals surface area contributed by atoms with Crippen LogP contribution in [0.1, 0.15) is 6.92 Å². The molecule has 0 aromatic heterocycles. The Morgan fingerprint density at radius 3 is 2.57 bits per heavy atom. The van der Waals surface area contributed by atoms with Gasteiger partial charge in [0.1, 0.15) is 0 Å². The van der Waals surface area contributed by atoms with Crippen LogP contribution in [-0.4, -0.2) is 8.05 Å². The van der Waals surface area contributed by atoms with Crippen molar-refractivity contribution in [3.8, 4) is 0 Å². The zero-order valence-electron chi connectivity index (χ0n) is 4.77. The zero-order chi connectivity index (χ0) is 5.70. The minimum absolute atomic E-state index is 0.884. The summed E-state index contributed by atoms with van der Waals surface area (Å²) in [5.41, 5.74) is 0. The van der Waals surface area contributed by atoms with E-state index in [4.69, 9.17) is 4.65 Å². The van der Waals surface area contributed by atoms with Crippen molar-refractivity contribution in [1.29, 1.82) is 0 Å². The van der Waals surface area contributed by atoms with Gasteiger partial charge in [-0.05, 0) is 13.0 Å². The van der Waals surface area contributed by atoms with Crippen LogP contribution in [-0.2, 0) is 4.65 Å². The molecule has 0 heterocycles. The van der Waals surface area contributed by atoms with Crippen molar-refractivity contribution in [3.05, 3.63) is 24.5 Å². The fourth-order valence-corrected chi connectivity index (χ4v) is 0.234. The van der Waals surface area contributed by atoms with Crippen LogP contribution in [0.15, 0.2) is 24.5 Å². The maximum Gasteiger partial charge on any atom is 0.321 e. The zero-order valence-corrected chi connectivity index (χ0v) is 4.77. The van der Waals surface area contributed by atoms with Crippen LogP contribution in [0.3, 0.4) is 0 Å². The second kappa shape index (κ2) is 3.53. The molecule has 0 aliphatic heterocycles. The molecule has 0 rings (SSSR count). The first kappa shape index (κ1) is 6.34. The number of hydrogen-bond acceptors (Lipinski definition) is 1. The molecule has 0 bridgehead atoms. The highest BCUT2D eigenvalue weighted by molar-refractivity contribution is 5.98. The first-order chi connectivity index (χ1) is 3.31. The summed E-state index contributed by atoms with van der Waals surface area (Å²) in [6, 6.07) is 0. The van der Waals surface area contributed by atoms with E-state index in [2.05, 4.69) is 6.58 Å². The smallest absolute Gasteiger partial charge is 0.321 e. The van der Waals surface area contributed by atoms with Crippen molar-refractivity contribution >= 4 is 8.05 Å². The molecule has 0 saturated carbocycles. The second-order valence-corrected chi connectivity index (χ2v) is 1.22. The van der Waals surface area contributed by atoms with Gasteiger partial charge in [0, 0.05) is 0 Å². The maximum atomic E-state index is 4.78. The number of allylic oxidation sites excluding steroid dienone is 3. The minimum atomic E-state index is 0.884. The van der Waals surface area contributed by atoms with Crippen LogP contribution in [0.25, 0.3) is 0 Å². The van der Waals surface area contributed by atoms with E-state index in [0.29, 0.717) is 0 Å². The first-order valence-electron chi connectivity index (χ1n) is 2.14. The largest absolute Gasteiger partial charge is 0.571 e. The highest BCUT2D eigenvalue weighted by Crippen LogP contribution is 1.88. The van der Waals surface area contributed by atoms with E-state index in [9.17, 15) is 0 Å². The van der Waals surface area contributed by atoms with Crippen molar-refractivity contribution in [2.45, 2.75) is 6.92 Å². The van der Waals surface area contributed by atoms with Gasteiger partial charge in [-0.2, -0.15) is 0 Å². The summed E-state index contributed by atoms with van der Waals surface area (Å²) in [4.78, 5) is 0. The van der Waals surface area contributed by atoms with Gasteiger partial charge in [-0.25, -0.2) is 0 Å². The normalized spacial score (nSPS) is 10.7. The van der Waals surface area contributed by atoms with Crippen LogP contribution in [0.2, 0.25) is 0 Å². The van der Waals surface area contributed by atoms with Gasteiger partial charge in [0.05, 0.1) is 5.76 Å². The van der Waals surface area contributed by atoms with E-state index in [-0.39, 0.29) is 0 Å². The van der Waals surface area contributed by atoms with Gasteiger partial charge in [0.2, 0.25) is 0 Å². The molecule has 0 spiro atoms. The molecule has 0 aromatic carbocycles. The molecular weight excluding hydrogens is 86.9 g/mol. The fraction of sp³-hybridized carbons (Fsp3) is 0.200. The lowest BCUT2D eigenvalue weighted by Crippen LogP contribution is -1.77. The van der Waals surface area contributed by atoms with Crippen molar-refractivity contribution in [2.75, 3.05) is 0 Å². The SMILES string of the molecule is BO/C(C)=C/C=C. The lowest BCUT2D eigenvalue weighted by atomic mass is 10.4. The molecule has 38 valence electrons. The molecule has 0 aromatic rings. The summed E-state index contributed by atoms with van der Waals surface area (Å²) in [5.74, 6) is 0.884. The Bertz CT molecular complexity index is 86.1. The lowest BCUT2D eigenvalue weighted by Gasteiger charge is -1.93. The Morgan fingerprint density at radius 2 is 2.43 bits per heavy atom. The standard InChI is InChI=1S/C5H9BO/c1-3-4-5(2)7-6/h3-4H,1,6H2,2H3/b5-4+. The van der Waals surface area contributed by atoms with Gasteiger partial charge in [-0.15, -0.1) is 0 Å². The van der Waals surface area contributed by atoms with Crippen LogP contribution in [0, 0.1) is 0 Å². The highest BCUT2D eigenvalue weighted by Gasteiger charge is 1.73. The van der Waals surface area contributed by atoms with Crippen LogP contribution >= 0.6 is 0 Å². The topological polar surface area (TPSA) is 9.23 Å². The van der Waals surface area contributed by atoms with Crippen LogP contribution in [0.4, 0.5) is 0 Å². The molecule has 7 heavy (non-hydrogen) atoms. The van der Waals surface area contributed by atoms with E-state index in [1.54, 1.807) is 20.2 Å². The first-order valence-corrected chi connectivity index (χ1v) is 2.14. The molecule has 2 heteroatoms. The van der Waals surface area contributed by atoms with E-state index in [1.165, 1.54) is 0 Å². The average molecular weight is 95.9 g/mol. The summed E-state index contributed by atoms with van der Waals surface area (Å²) >= 11 is 0. The Balaban J connectivity index is 3.49. The third kappa shape index (κ3) is 3.17. The van der Waals surface area contributed by atoms with Crippen molar-refractivity contribution in [1.82, 2.24) is 0 Å². The molecular formula is C5H9BO. The number of rotatable bonds is 2. The molecule has 0 saturated heterocycles. The fourth-order valence-electron chi connectivity index (χ4n) is 0.234. The minimum Gasteiger partial charge on any atom is -0.571 e. The van der Waals surface area contributed by atoms with E-state index in [1.807, 2.05) is 6.92 Å². The molecule has 1 nitrogen and oxygen atoms in total. The predicted octanol–water partition coefficient (Wildman–Crippen LogP) is 0.641. The molecule has 0 unspecified atom stereocenters. The molecule has 0 N–H and O–H groups in total. The summed E-state index contributed by atoms with van der Waals surface area (Å²) in [7, 11) is 1.63. The van der Waals surface area contributed by atoms with Gasteiger partial charge in [-0.1, -0.05) is 12.7 Å². The summed E-state index contributed by atoms with van der Waals surface area (Å²) in [6.07, 6.45) is 3.50. The van der Waals surface area contributed by atoms with Gasteiger partial charge in [0.15, 0.2) is 0 Å². The third-order valence-corrected chi connectivity index (χ3v) is 0.675. The maximum absolute atomic E-state index is 4.78. The lowest BCUT2D eigenvalue weighted by molar-refractivity contribution is 0.473. The summed E-state index contributed by atoms with van der Waals surface area (Å²) in [5, 5.41) is 0. The monoisotopic (exact) mass is 96.1 g/mol. The Labute approximate surface area is 45.1 Å². The van der Waals surface area contributed by atoms with Gasteiger partial charge >= 0.3 is 8.05 Å². The average Bonchev–Trinajstić information content (AvgIpc) is 1.68. The third-order valence-electron chi connectivity index (χ3n) is 0.675. The van der Waals surface area contributed by atoms with E-state index in [0.717, 1.165) is 5.76 Å². The molecule has 0 aliphatic rings. The van der Waals surface area contributed by atoms with Crippen molar-refractivity contribution in [3.63, 3.8) is 0 Å². The Kier molecular flexibility index (Phi) is 3.20. The summed E-state index contributed by atoms with van der Waals surface area (Å²) < 4.78 is 4.78. The van der Waals surface area contributed by atoms with Crippen LogP contribution in [0.5, 0.6) is 0 Å². The molecule has 0 atom stereocenters. The quantitative estimate of drug-likeness (QED) is 0.278. The Hall–Kier alpha value is -0.655. The van der Waals surface area contributed by atoms with Gasteiger partial charge in [0.25, 0.3) is 0 Å². The second-order valence-electron chi connectivity index (χ2n) is 1.22.